The van der Waals surface area contributed by atoms with E-state index in [1.165, 1.54) is 37.0 Å². The minimum Gasteiger partial charge on any atom is -0.492 e. The first-order valence-corrected chi connectivity index (χ1v) is 8.68. The third-order valence-electron chi connectivity index (χ3n) is 4.63. The van der Waals surface area contributed by atoms with Crippen LogP contribution in [0.1, 0.15) is 55.1 Å². The van der Waals surface area contributed by atoms with E-state index in [-0.39, 0.29) is 11.7 Å². The van der Waals surface area contributed by atoms with Crippen molar-refractivity contribution in [2.24, 2.45) is 11.8 Å². The van der Waals surface area contributed by atoms with Gasteiger partial charge in [0.15, 0.2) is 11.5 Å². The number of ether oxygens (including phenoxy) is 1. The largest absolute Gasteiger partial charge is 0.492 e. The van der Waals surface area contributed by atoms with Crippen LogP contribution in [0, 0.1) is 11.8 Å². The van der Waals surface area contributed by atoms with Gasteiger partial charge in [-0.05, 0) is 44.4 Å². The third-order valence-corrected chi connectivity index (χ3v) is 5.76. The number of carbonyl (C=O) groups is 1. The number of hydrogen-bond acceptors (Lipinski definition) is 5. The lowest BCUT2D eigenvalue weighted by Gasteiger charge is -2.27. The lowest BCUT2D eigenvalue weighted by Crippen LogP contribution is -2.24. The molecule has 0 aliphatic heterocycles. The van der Waals surface area contributed by atoms with Crippen LogP contribution in [0.25, 0.3) is 0 Å². The highest BCUT2D eigenvalue weighted by Gasteiger charge is 2.34. The Morgan fingerprint density at radius 1 is 1.24 bits per heavy atom. The second-order valence-corrected chi connectivity index (χ2v) is 7.47. The molecule has 1 aromatic heterocycles. The SMILES string of the molecule is COc1c(NC2CCC(C)CC2)sc(C(=O)C2CC2)c1N. The number of Topliss-reactive ketones (excluding diaryl/α,β-unsaturated/α-hetero) is 1. The van der Waals surface area contributed by atoms with Crippen LogP contribution >= 0.6 is 11.3 Å². The van der Waals surface area contributed by atoms with Gasteiger partial charge in [0.2, 0.25) is 0 Å². The molecule has 2 fully saturated rings. The van der Waals surface area contributed by atoms with Crippen LogP contribution in [-0.4, -0.2) is 18.9 Å². The zero-order chi connectivity index (χ0) is 15.0. The molecule has 0 spiro atoms. The van der Waals surface area contributed by atoms with E-state index in [2.05, 4.69) is 12.2 Å². The van der Waals surface area contributed by atoms with Crippen molar-refractivity contribution in [1.82, 2.24) is 0 Å². The first-order valence-electron chi connectivity index (χ1n) is 7.87. The van der Waals surface area contributed by atoms with Gasteiger partial charge in [-0.25, -0.2) is 0 Å². The average Bonchev–Trinajstić information content (AvgIpc) is 3.27. The Labute approximate surface area is 130 Å². The van der Waals surface area contributed by atoms with E-state index >= 15 is 0 Å². The fraction of sp³-hybridized carbons (Fsp3) is 0.688. The number of nitrogens with one attached hydrogen (secondary N) is 1. The molecule has 0 bridgehead atoms. The Balaban J connectivity index is 1.77. The van der Waals surface area contributed by atoms with Crippen molar-refractivity contribution in [1.29, 1.82) is 0 Å². The van der Waals surface area contributed by atoms with Gasteiger partial charge < -0.3 is 15.8 Å². The highest BCUT2D eigenvalue weighted by molar-refractivity contribution is 7.19. The fourth-order valence-electron chi connectivity index (χ4n) is 3.03. The summed E-state index contributed by atoms with van der Waals surface area (Å²) in [6, 6.07) is 0.469. The highest BCUT2D eigenvalue weighted by Crippen LogP contribution is 2.46. The Morgan fingerprint density at radius 2 is 1.90 bits per heavy atom. The van der Waals surface area contributed by atoms with E-state index in [4.69, 9.17) is 10.5 Å². The minimum absolute atomic E-state index is 0.194. The van der Waals surface area contributed by atoms with Crippen molar-refractivity contribution >= 4 is 27.8 Å². The average molecular weight is 308 g/mol. The number of anilines is 2. The van der Waals surface area contributed by atoms with Crippen molar-refractivity contribution in [2.75, 3.05) is 18.2 Å². The number of hydrogen-bond donors (Lipinski definition) is 2. The molecule has 0 amide bonds. The molecule has 1 heterocycles. The van der Waals surface area contributed by atoms with Crippen molar-refractivity contribution in [2.45, 2.75) is 51.5 Å². The normalized spacial score (nSPS) is 25.6. The van der Waals surface area contributed by atoms with Gasteiger partial charge in [0.05, 0.1) is 17.7 Å². The first-order chi connectivity index (χ1) is 10.1. The summed E-state index contributed by atoms with van der Waals surface area (Å²) in [5.74, 6) is 1.87. The minimum atomic E-state index is 0.194. The summed E-state index contributed by atoms with van der Waals surface area (Å²) in [5.41, 5.74) is 6.65. The Hall–Kier alpha value is -1.23. The predicted molar refractivity (Wildman–Crippen MR) is 87.4 cm³/mol. The molecule has 3 rings (SSSR count). The molecule has 0 radical (unpaired) electrons. The molecule has 2 aliphatic rings. The second kappa shape index (κ2) is 5.87. The maximum Gasteiger partial charge on any atom is 0.178 e. The third kappa shape index (κ3) is 3.03. The molecule has 0 aromatic carbocycles. The molecule has 0 unspecified atom stereocenters. The highest BCUT2D eigenvalue weighted by atomic mass is 32.1. The second-order valence-electron chi connectivity index (χ2n) is 6.45. The van der Waals surface area contributed by atoms with Gasteiger partial charge in [-0.15, -0.1) is 11.3 Å². The van der Waals surface area contributed by atoms with Gasteiger partial charge in [0.1, 0.15) is 5.00 Å². The van der Waals surface area contributed by atoms with E-state index in [0.717, 1.165) is 23.8 Å². The van der Waals surface area contributed by atoms with E-state index in [1.54, 1.807) is 7.11 Å². The van der Waals surface area contributed by atoms with Gasteiger partial charge in [0.25, 0.3) is 0 Å². The lowest BCUT2D eigenvalue weighted by molar-refractivity contribution is 0.0972. The maximum atomic E-state index is 12.3. The van der Waals surface area contributed by atoms with E-state index in [9.17, 15) is 4.79 Å². The molecule has 2 aliphatic carbocycles. The molecule has 0 saturated heterocycles. The maximum absolute atomic E-state index is 12.3. The molecule has 3 N–H and O–H groups in total. The van der Waals surface area contributed by atoms with Crippen LogP contribution in [0.3, 0.4) is 0 Å². The van der Waals surface area contributed by atoms with Crippen LogP contribution in [0.4, 0.5) is 10.7 Å². The Bertz CT molecular complexity index is 529. The van der Waals surface area contributed by atoms with E-state index < -0.39 is 0 Å². The summed E-state index contributed by atoms with van der Waals surface area (Å²) < 4.78 is 5.44. The zero-order valence-electron chi connectivity index (χ0n) is 12.8. The van der Waals surface area contributed by atoms with Gasteiger partial charge >= 0.3 is 0 Å². The first kappa shape index (κ1) is 14.7. The van der Waals surface area contributed by atoms with Crippen LogP contribution in [0.5, 0.6) is 5.75 Å². The summed E-state index contributed by atoms with van der Waals surface area (Å²) in [6.45, 7) is 2.31. The Morgan fingerprint density at radius 3 is 2.48 bits per heavy atom. The molecular weight excluding hydrogens is 284 g/mol. The number of nitrogen functional groups attached to an aromatic ring is 1. The van der Waals surface area contributed by atoms with Crippen LogP contribution in [-0.2, 0) is 0 Å². The Kier molecular flexibility index (Phi) is 4.11. The number of ketones is 1. The molecule has 21 heavy (non-hydrogen) atoms. The molecule has 1 aromatic rings. The van der Waals surface area contributed by atoms with Crippen molar-refractivity contribution in [3.05, 3.63) is 4.88 Å². The van der Waals surface area contributed by atoms with Gasteiger partial charge in [0, 0.05) is 12.0 Å². The number of rotatable bonds is 5. The summed E-state index contributed by atoms with van der Waals surface area (Å²) in [7, 11) is 1.62. The number of carbonyl (C=O) groups excluding carboxylic acids is 1. The van der Waals surface area contributed by atoms with Crippen LogP contribution in [0.2, 0.25) is 0 Å². The topological polar surface area (TPSA) is 64.3 Å². The quantitative estimate of drug-likeness (QED) is 0.809. The van der Waals surface area contributed by atoms with Gasteiger partial charge in [-0.1, -0.05) is 6.92 Å². The summed E-state index contributed by atoms with van der Waals surface area (Å²) in [6.07, 6.45) is 6.87. The van der Waals surface area contributed by atoms with Gasteiger partial charge in [-0.2, -0.15) is 0 Å². The summed E-state index contributed by atoms with van der Waals surface area (Å²) in [4.78, 5) is 13.0. The van der Waals surface area contributed by atoms with E-state index in [1.807, 2.05) is 0 Å². The van der Waals surface area contributed by atoms with Crippen molar-refractivity contribution < 1.29 is 9.53 Å². The molecule has 5 heteroatoms. The van der Waals surface area contributed by atoms with Crippen LogP contribution < -0.4 is 15.8 Å². The van der Waals surface area contributed by atoms with Gasteiger partial charge in [-0.3, -0.25) is 4.79 Å². The zero-order valence-corrected chi connectivity index (χ0v) is 13.6. The smallest absolute Gasteiger partial charge is 0.178 e. The summed E-state index contributed by atoms with van der Waals surface area (Å²) in [5, 5.41) is 4.49. The van der Waals surface area contributed by atoms with Crippen molar-refractivity contribution in [3.63, 3.8) is 0 Å². The molecule has 2 saturated carbocycles. The molecule has 116 valence electrons. The van der Waals surface area contributed by atoms with Crippen LogP contribution in [0.15, 0.2) is 0 Å². The summed E-state index contributed by atoms with van der Waals surface area (Å²) >= 11 is 1.47. The lowest BCUT2D eigenvalue weighted by atomic mass is 9.87. The van der Waals surface area contributed by atoms with E-state index in [0.29, 0.717) is 22.4 Å². The number of nitrogens with two attached hydrogens (primary N) is 1. The fourth-order valence-corrected chi connectivity index (χ4v) is 4.22. The number of thiophene rings is 1. The molecule has 4 nitrogen and oxygen atoms in total. The monoisotopic (exact) mass is 308 g/mol. The predicted octanol–water partition coefficient (Wildman–Crippen LogP) is 3.92. The number of methoxy groups -OCH3 is 1. The van der Waals surface area contributed by atoms with Crippen molar-refractivity contribution in [3.8, 4) is 5.75 Å². The molecule has 0 atom stereocenters. The molecular formula is C16H24N2O2S. The standard InChI is InChI=1S/C16H24N2O2S/c1-9-3-7-11(8-4-9)18-16-14(20-2)12(17)15(21-16)13(19)10-5-6-10/h9-11,18H,3-8,17H2,1-2H3.